The molecule has 1 atom stereocenters. The van der Waals surface area contributed by atoms with Crippen molar-refractivity contribution in [3.05, 3.63) is 38.5 Å². The predicted octanol–water partition coefficient (Wildman–Crippen LogP) is 0.551. The lowest BCUT2D eigenvalue weighted by atomic mass is 10.1. The number of benzene rings is 1. The number of hydrogen-bond donors (Lipinski definition) is 2. The first-order chi connectivity index (χ1) is 12.3. The molecule has 1 aliphatic heterocycles. The SMILES string of the molecule is Cc1c(N2CC(CN)C(F)(F)C2)ccc2c(=O)n(N)c(=O)n(C3CC3)c12. The first-order valence-corrected chi connectivity index (χ1v) is 8.65. The second-order valence-electron chi connectivity index (χ2n) is 7.24. The standard InChI is InChI=1S/C17H21F2N5O2/c1-9-13(22-7-10(6-20)17(18,19)8-22)5-4-12-14(9)23(11-2-3-11)16(26)24(21)15(12)25/h4-5,10-11H,2-3,6-8,20-21H2,1H3. The third-order valence-corrected chi connectivity index (χ3v) is 5.48. The lowest BCUT2D eigenvalue weighted by molar-refractivity contribution is -0.0170. The summed E-state index contributed by atoms with van der Waals surface area (Å²) < 4.78 is 30.4. The molecule has 1 saturated carbocycles. The number of fused-ring (bicyclic) bond motifs is 1. The third kappa shape index (κ3) is 2.33. The molecule has 4 N–H and O–H groups in total. The molecule has 1 saturated heterocycles. The fourth-order valence-corrected chi connectivity index (χ4v) is 3.89. The molecule has 140 valence electrons. The fraction of sp³-hybridized carbons (Fsp3) is 0.529. The molecule has 0 radical (unpaired) electrons. The summed E-state index contributed by atoms with van der Waals surface area (Å²) in [6.07, 6.45) is 1.65. The van der Waals surface area contributed by atoms with Crippen LogP contribution in [0.2, 0.25) is 0 Å². The molecule has 1 aromatic heterocycles. The summed E-state index contributed by atoms with van der Waals surface area (Å²) in [6, 6.07) is 3.21. The van der Waals surface area contributed by atoms with E-state index in [0.717, 1.165) is 12.8 Å². The summed E-state index contributed by atoms with van der Waals surface area (Å²) in [4.78, 5) is 26.5. The van der Waals surface area contributed by atoms with Crippen LogP contribution in [-0.2, 0) is 0 Å². The number of nitrogen functional groups attached to an aromatic ring is 1. The Morgan fingerprint density at radius 3 is 2.54 bits per heavy atom. The van der Waals surface area contributed by atoms with Crippen molar-refractivity contribution in [2.24, 2.45) is 11.7 Å². The van der Waals surface area contributed by atoms with Crippen LogP contribution < -0.4 is 27.7 Å². The van der Waals surface area contributed by atoms with E-state index in [9.17, 15) is 18.4 Å². The number of aryl methyl sites for hydroxylation is 1. The molecule has 0 amide bonds. The Bertz CT molecular complexity index is 1010. The van der Waals surface area contributed by atoms with E-state index >= 15 is 0 Å². The van der Waals surface area contributed by atoms with Gasteiger partial charge in [0.2, 0.25) is 0 Å². The molecule has 2 aromatic rings. The topological polar surface area (TPSA) is 99.3 Å². The van der Waals surface area contributed by atoms with Crippen molar-refractivity contribution in [3.63, 3.8) is 0 Å². The molecule has 2 aliphatic rings. The number of rotatable bonds is 3. The van der Waals surface area contributed by atoms with Crippen LogP contribution in [0.15, 0.2) is 21.7 Å². The summed E-state index contributed by atoms with van der Waals surface area (Å²) in [5.74, 6) is 1.86. The minimum Gasteiger partial charge on any atom is -0.365 e. The lowest BCUT2D eigenvalue weighted by Gasteiger charge is -2.23. The number of alkyl halides is 2. The second kappa shape index (κ2) is 5.54. The van der Waals surface area contributed by atoms with Gasteiger partial charge in [-0.3, -0.25) is 9.36 Å². The van der Waals surface area contributed by atoms with Gasteiger partial charge in [0.25, 0.3) is 11.5 Å². The van der Waals surface area contributed by atoms with Crippen molar-refractivity contribution < 1.29 is 8.78 Å². The van der Waals surface area contributed by atoms with Gasteiger partial charge in [-0.2, -0.15) is 4.68 Å². The van der Waals surface area contributed by atoms with Crippen molar-refractivity contribution in [2.45, 2.75) is 31.7 Å². The van der Waals surface area contributed by atoms with Crippen molar-refractivity contribution >= 4 is 16.6 Å². The summed E-state index contributed by atoms with van der Waals surface area (Å²) in [6.45, 7) is 1.37. The van der Waals surface area contributed by atoms with Crippen LogP contribution >= 0.6 is 0 Å². The van der Waals surface area contributed by atoms with E-state index in [1.54, 1.807) is 24.0 Å². The molecule has 9 heteroatoms. The third-order valence-electron chi connectivity index (χ3n) is 5.48. The van der Waals surface area contributed by atoms with Gasteiger partial charge in [-0.25, -0.2) is 13.6 Å². The van der Waals surface area contributed by atoms with Gasteiger partial charge in [-0.1, -0.05) is 0 Å². The first-order valence-electron chi connectivity index (χ1n) is 8.65. The lowest BCUT2D eigenvalue weighted by Crippen LogP contribution is -2.44. The number of aromatic nitrogens is 2. The number of nitrogens with two attached hydrogens (primary N) is 2. The maximum Gasteiger partial charge on any atom is 0.350 e. The molecule has 0 bridgehead atoms. The van der Waals surface area contributed by atoms with Crippen molar-refractivity contribution in [2.75, 3.05) is 30.4 Å². The molecule has 26 heavy (non-hydrogen) atoms. The average molecular weight is 365 g/mol. The predicted molar refractivity (Wildman–Crippen MR) is 95.3 cm³/mol. The Hall–Kier alpha value is -2.42. The summed E-state index contributed by atoms with van der Waals surface area (Å²) >= 11 is 0. The van der Waals surface area contributed by atoms with Gasteiger partial charge < -0.3 is 16.5 Å². The largest absolute Gasteiger partial charge is 0.365 e. The van der Waals surface area contributed by atoms with E-state index in [0.29, 0.717) is 26.8 Å². The molecule has 2 fully saturated rings. The molecule has 0 spiro atoms. The Kier molecular flexibility index (Phi) is 3.62. The van der Waals surface area contributed by atoms with E-state index in [2.05, 4.69) is 0 Å². The number of nitrogens with zero attached hydrogens (tertiary/aromatic N) is 3. The van der Waals surface area contributed by atoms with E-state index in [4.69, 9.17) is 11.6 Å². The number of halogens is 2. The van der Waals surface area contributed by atoms with Crippen molar-refractivity contribution in [1.82, 2.24) is 9.24 Å². The van der Waals surface area contributed by atoms with Gasteiger partial charge >= 0.3 is 5.69 Å². The molecule has 1 aromatic carbocycles. The summed E-state index contributed by atoms with van der Waals surface area (Å²) in [5.41, 5.74) is 6.06. The van der Waals surface area contributed by atoms with Gasteiger partial charge in [0.05, 0.1) is 23.4 Å². The van der Waals surface area contributed by atoms with Crippen LogP contribution in [0.25, 0.3) is 10.9 Å². The first kappa shape index (κ1) is 17.0. The highest BCUT2D eigenvalue weighted by Gasteiger charge is 2.47. The second-order valence-corrected chi connectivity index (χ2v) is 7.24. The van der Waals surface area contributed by atoms with Crippen LogP contribution in [0.3, 0.4) is 0 Å². The van der Waals surface area contributed by atoms with Crippen LogP contribution in [0.4, 0.5) is 14.5 Å². The Morgan fingerprint density at radius 1 is 1.27 bits per heavy atom. The maximum atomic E-state index is 14.1. The highest BCUT2D eigenvalue weighted by molar-refractivity contribution is 5.87. The normalized spacial score (nSPS) is 22.3. The van der Waals surface area contributed by atoms with Crippen LogP contribution in [0.5, 0.6) is 0 Å². The maximum absolute atomic E-state index is 14.1. The van der Waals surface area contributed by atoms with Crippen molar-refractivity contribution in [3.8, 4) is 0 Å². The average Bonchev–Trinajstić information content (AvgIpc) is 3.37. The Morgan fingerprint density at radius 2 is 1.96 bits per heavy atom. The van der Waals surface area contributed by atoms with Gasteiger partial charge in [0.1, 0.15) is 0 Å². The van der Waals surface area contributed by atoms with E-state index in [1.165, 1.54) is 4.57 Å². The Balaban J connectivity index is 1.93. The quantitative estimate of drug-likeness (QED) is 0.774. The van der Waals surface area contributed by atoms with Crippen molar-refractivity contribution in [1.29, 1.82) is 0 Å². The minimum atomic E-state index is -2.87. The van der Waals surface area contributed by atoms with Crippen LogP contribution in [-0.4, -0.2) is 34.8 Å². The number of hydrogen-bond acceptors (Lipinski definition) is 5. The molecular weight excluding hydrogens is 344 g/mol. The summed E-state index contributed by atoms with van der Waals surface area (Å²) in [5, 5.41) is 0.321. The van der Waals surface area contributed by atoms with Gasteiger partial charge in [0, 0.05) is 24.8 Å². The molecule has 4 rings (SSSR count). The summed E-state index contributed by atoms with van der Waals surface area (Å²) in [7, 11) is 0. The molecule has 1 aliphatic carbocycles. The highest BCUT2D eigenvalue weighted by atomic mass is 19.3. The zero-order valence-electron chi connectivity index (χ0n) is 14.4. The zero-order chi connectivity index (χ0) is 18.8. The van der Waals surface area contributed by atoms with Gasteiger partial charge in [-0.05, 0) is 37.5 Å². The van der Waals surface area contributed by atoms with Crippen LogP contribution in [0.1, 0.15) is 24.4 Å². The van der Waals surface area contributed by atoms with E-state index < -0.39 is 29.6 Å². The number of anilines is 1. The monoisotopic (exact) mass is 365 g/mol. The highest BCUT2D eigenvalue weighted by Crippen LogP contribution is 2.40. The minimum absolute atomic E-state index is 0.00819. The van der Waals surface area contributed by atoms with Gasteiger partial charge in [0.15, 0.2) is 0 Å². The van der Waals surface area contributed by atoms with Gasteiger partial charge in [-0.15, -0.1) is 0 Å². The van der Waals surface area contributed by atoms with E-state index in [1.807, 2.05) is 0 Å². The molecule has 2 heterocycles. The molecule has 1 unspecified atom stereocenters. The van der Waals surface area contributed by atoms with Crippen LogP contribution in [0, 0.1) is 12.8 Å². The fourth-order valence-electron chi connectivity index (χ4n) is 3.89. The van der Waals surface area contributed by atoms with E-state index in [-0.39, 0.29) is 19.1 Å². The molecular formula is C17H21F2N5O2. The Labute approximate surface area is 147 Å². The molecule has 7 nitrogen and oxygen atoms in total. The zero-order valence-corrected chi connectivity index (χ0v) is 14.4. The smallest absolute Gasteiger partial charge is 0.350 e.